The van der Waals surface area contributed by atoms with E-state index in [1.54, 1.807) is 13.8 Å². The summed E-state index contributed by atoms with van der Waals surface area (Å²) in [6.07, 6.45) is 4.12. The number of likely N-dealkylation sites (tertiary alicyclic amines) is 2. The topological polar surface area (TPSA) is 235 Å². The number of carboxylic acid groups (broad SMARTS) is 1. The Hall–Kier alpha value is -3.79. The molecule has 8 atom stereocenters. The largest absolute Gasteiger partial charge is 0.481 e. The van der Waals surface area contributed by atoms with Gasteiger partial charge in [0.2, 0.25) is 35.4 Å². The van der Waals surface area contributed by atoms with E-state index in [2.05, 4.69) is 28.2 Å². The molecule has 3 rings (SSSR count). The van der Waals surface area contributed by atoms with Crippen LogP contribution in [0.15, 0.2) is 0 Å². The average molecular weight is 751 g/mol. The molecule has 2 saturated heterocycles. The van der Waals surface area contributed by atoms with Crippen molar-refractivity contribution in [1.29, 1.82) is 0 Å². The van der Waals surface area contributed by atoms with Crippen molar-refractivity contribution in [1.82, 2.24) is 31.1 Å². The number of aliphatic hydroxyl groups excluding tert-OH is 2. The van der Waals surface area contributed by atoms with Crippen LogP contribution in [0.3, 0.4) is 0 Å². The van der Waals surface area contributed by atoms with E-state index in [-0.39, 0.29) is 56.5 Å². The van der Waals surface area contributed by atoms with E-state index in [9.17, 15) is 48.9 Å². The van der Waals surface area contributed by atoms with Gasteiger partial charge in [-0.3, -0.25) is 33.6 Å². The minimum Gasteiger partial charge on any atom is -0.481 e. The van der Waals surface area contributed by atoms with Crippen LogP contribution in [-0.2, 0) is 33.6 Å². The van der Waals surface area contributed by atoms with Gasteiger partial charge in [-0.1, -0.05) is 59.8 Å². The van der Waals surface area contributed by atoms with Crippen molar-refractivity contribution in [2.75, 3.05) is 19.6 Å². The number of nitrogens with one attached hydrogen (secondary N) is 4. The maximum atomic E-state index is 14.0. The molecule has 0 aromatic rings. The number of aliphatic carboxylic acids is 1. The lowest BCUT2D eigenvalue weighted by Crippen LogP contribution is -2.62. The number of amides is 6. The Labute approximate surface area is 312 Å². The predicted octanol–water partition coefficient (Wildman–Crippen LogP) is 0.428. The van der Waals surface area contributed by atoms with Crippen LogP contribution >= 0.6 is 0 Å². The standard InChI is InChI=1S/C37H62N6O10/c1-6-15-38-35(51)32(23(5)44)41-33(49)27-13-10-16-42(27)36(52)26(20-30(47)48)39-34(50)28-19-25(45)14-17-43(28)37(53)31(21(2)3)40-29(46)18-22(4)24-11-8-7-9-12-24/h21-28,31-32,44-45H,6-20H2,1-5H3,(H,38,51)(H,39,50)(H,40,46)(H,41,49)(H,47,48)/t22-,23+,25?,26-,27-,28-,31-,32-/m0/s1. The fourth-order valence-electron chi connectivity index (χ4n) is 7.70. The quantitative estimate of drug-likeness (QED) is 0.108. The van der Waals surface area contributed by atoms with Crippen molar-refractivity contribution in [3.05, 3.63) is 0 Å². The van der Waals surface area contributed by atoms with E-state index in [1.807, 2.05) is 6.92 Å². The molecule has 2 aliphatic heterocycles. The molecule has 3 aliphatic rings. The van der Waals surface area contributed by atoms with E-state index in [0.29, 0.717) is 25.3 Å². The zero-order valence-corrected chi connectivity index (χ0v) is 32.0. The lowest BCUT2D eigenvalue weighted by atomic mass is 9.79. The number of aliphatic hydroxyl groups is 2. The summed E-state index contributed by atoms with van der Waals surface area (Å²) in [5, 5.41) is 41.0. The van der Waals surface area contributed by atoms with E-state index in [0.717, 1.165) is 30.6 Å². The van der Waals surface area contributed by atoms with Crippen molar-refractivity contribution in [3.8, 4) is 0 Å². The molecule has 0 aromatic carbocycles. The Morgan fingerprint density at radius 3 is 1.98 bits per heavy atom. The maximum absolute atomic E-state index is 14.0. The highest BCUT2D eigenvalue weighted by molar-refractivity contribution is 5.98. The Kier molecular flexibility index (Phi) is 17.0. The van der Waals surface area contributed by atoms with E-state index in [1.165, 1.54) is 18.2 Å². The third kappa shape index (κ3) is 12.4. The summed E-state index contributed by atoms with van der Waals surface area (Å²) in [4.78, 5) is 95.3. The van der Waals surface area contributed by atoms with Gasteiger partial charge in [-0.15, -0.1) is 0 Å². The monoisotopic (exact) mass is 750 g/mol. The second-order valence-electron chi connectivity index (χ2n) is 15.5. The third-order valence-electron chi connectivity index (χ3n) is 10.8. The van der Waals surface area contributed by atoms with Gasteiger partial charge in [0.05, 0.1) is 18.6 Å². The molecule has 1 unspecified atom stereocenters. The molecule has 1 saturated carbocycles. The third-order valence-corrected chi connectivity index (χ3v) is 10.8. The van der Waals surface area contributed by atoms with Crippen LogP contribution in [0.5, 0.6) is 0 Å². The summed E-state index contributed by atoms with van der Waals surface area (Å²) in [7, 11) is 0. The number of carboxylic acids is 1. The van der Waals surface area contributed by atoms with Crippen molar-refractivity contribution in [2.45, 2.75) is 154 Å². The number of hydrogen-bond acceptors (Lipinski definition) is 9. The Morgan fingerprint density at radius 1 is 0.736 bits per heavy atom. The first-order chi connectivity index (χ1) is 25.0. The van der Waals surface area contributed by atoms with Crippen LogP contribution in [0.25, 0.3) is 0 Å². The van der Waals surface area contributed by atoms with Crippen LogP contribution in [0.1, 0.15) is 112 Å². The summed E-state index contributed by atoms with van der Waals surface area (Å²) in [6.45, 7) is 9.22. The Morgan fingerprint density at radius 2 is 1.38 bits per heavy atom. The molecule has 53 heavy (non-hydrogen) atoms. The second-order valence-corrected chi connectivity index (χ2v) is 15.5. The van der Waals surface area contributed by atoms with Gasteiger partial charge < -0.3 is 46.4 Å². The SMILES string of the molecule is CCCNC(=O)[C@@H](NC(=O)[C@@H]1CCCN1C(=O)[C@H](CC(=O)O)NC(=O)[C@@H]1CC(O)CCN1C(=O)[C@@H](NC(=O)C[C@H](C)C1CCCCC1)C(C)C)[C@@H](C)O. The van der Waals surface area contributed by atoms with E-state index < -0.39 is 84.3 Å². The number of nitrogens with zero attached hydrogens (tertiary/aromatic N) is 2. The molecule has 7 N–H and O–H groups in total. The molecule has 0 spiro atoms. The summed E-state index contributed by atoms with van der Waals surface area (Å²) in [5.74, 6) is -4.90. The van der Waals surface area contributed by atoms with Crippen LogP contribution in [0.2, 0.25) is 0 Å². The van der Waals surface area contributed by atoms with Crippen molar-refractivity contribution < 1.29 is 48.9 Å². The first-order valence-corrected chi connectivity index (χ1v) is 19.4. The summed E-state index contributed by atoms with van der Waals surface area (Å²) >= 11 is 0. The van der Waals surface area contributed by atoms with Crippen molar-refractivity contribution >= 4 is 41.4 Å². The summed E-state index contributed by atoms with van der Waals surface area (Å²) in [5.41, 5.74) is 0. The van der Waals surface area contributed by atoms with Gasteiger partial charge in [-0.2, -0.15) is 0 Å². The first kappa shape index (κ1) is 43.6. The van der Waals surface area contributed by atoms with Crippen molar-refractivity contribution in [3.63, 3.8) is 0 Å². The van der Waals surface area contributed by atoms with Gasteiger partial charge >= 0.3 is 5.97 Å². The maximum Gasteiger partial charge on any atom is 0.305 e. The minimum atomic E-state index is -1.62. The van der Waals surface area contributed by atoms with Gasteiger partial charge in [0, 0.05) is 32.5 Å². The molecule has 16 heteroatoms. The van der Waals surface area contributed by atoms with Gasteiger partial charge in [0.25, 0.3) is 0 Å². The van der Waals surface area contributed by atoms with Gasteiger partial charge in [0.1, 0.15) is 30.2 Å². The fraction of sp³-hybridized carbons (Fsp3) is 0.811. The predicted molar refractivity (Wildman–Crippen MR) is 194 cm³/mol. The highest BCUT2D eigenvalue weighted by Crippen LogP contribution is 2.31. The molecule has 0 radical (unpaired) electrons. The molecule has 16 nitrogen and oxygen atoms in total. The highest BCUT2D eigenvalue weighted by Gasteiger charge is 2.43. The molecule has 6 amide bonds. The number of piperidine rings is 1. The fourth-order valence-corrected chi connectivity index (χ4v) is 7.70. The number of hydrogen-bond donors (Lipinski definition) is 7. The number of rotatable bonds is 17. The van der Waals surface area contributed by atoms with Crippen LogP contribution < -0.4 is 21.3 Å². The lowest BCUT2D eigenvalue weighted by Gasteiger charge is -2.40. The van der Waals surface area contributed by atoms with Gasteiger partial charge in [-0.05, 0) is 50.4 Å². The second kappa shape index (κ2) is 20.6. The molecule has 0 bridgehead atoms. The summed E-state index contributed by atoms with van der Waals surface area (Å²) in [6, 6.07) is -6.22. The zero-order valence-electron chi connectivity index (χ0n) is 32.0. The molecule has 300 valence electrons. The highest BCUT2D eigenvalue weighted by atomic mass is 16.4. The Balaban J connectivity index is 1.75. The molecular formula is C37H62N6O10. The Bertz CT molecular complexity index is 1300. The molecule has 2 heterocycles. The molecular weight excluding hydrogens is 688 g/mol. The normalized spacial score (nSPS) is 23.7. The molecule has 3 fully saturated rings. The van der Waals surface area contributed by atoms with E-state index >= 15 is 0 Å². The van der Waals surface area contributed by atoms with Crippen LogP contribution in [-0.4, -0.2) is 129 Å². The molecule has 0 aromatic heterocycles. The molecule has 1 aliphatic carbocycles. The average Bonchev–Trinajstić information content (AvgIpc) is 3.61. The summed E-state index contributed by atoms with van der Waals surface area (Å²) < 4.78 is 0. The van der Waals surface area contributed by atoms with E-state index in [4.69, 9.17) is 0 Å². The minimum absolute atomic E-state index is 0.00214. The van der Waals surface area contributed by atoms with Crippen molar-refractivity contribution in [2.24, 2.45) is 17.8 Å². The lowest BCUT2D eigenvalue weighted by molar-refractivity contribution is -0.151. The smallest absolute Gasteiger partial charge is 0.305 e. The van der Waals surface area contributed by atoms with Gasteiger partial charge in [0.15, 0.2) is 0 Å². The number of carbonyl (C=O) groups excluding carboxylic acids is 6. The van der Waals surface area contributed by atoms with Crippen LogP contribution in [0.4, 0.5) is 0 Å². The number of carbonyl (C=O) groups is 7. The zero-order chi connectivity index (χ0) is 39.4. The van der Waals surface area contributed by atoms with Gasteiger partial charge in [-0.25, -0.2) is 0 Å². The first-order valence-electron chi connectivity index (χ1n) is 19.4. The van der Waals surface area contributed by atoms with Crippen LogP contribution in [0, 0.1) is 17.8 Å².